The normalized spacial score (nSPS) is 9.68. The first-order chi connectivity index (χ1) is 9.10. The lowest BCUT2D eigenvalue weighted by Gasteiger charge is -2.08. The predicted octanol–water partition coefficient (Wildman–Crippen LogP) is 3.16. The van der Waals surface area contributed by atoms with Gasteiger partial charge in [0.1, 0.15) is 0 Å². The molecule has 19 heavy (non-hydrogen) atoms. The molecule has 0 bridgehead atoms. The first-order valence-corrected chi connectivity index (χ1v) is 6.26. The number of nitrogen functional groups attached to an aromatic ring is 1. The average molecular weight is 316 g/mol. The maximum absolute atomic E-state index is 12.1. The van der Waals surface area contributed by atoms with Crippen LogP contribution in [0.5, 0.6) is 0 Å². The Kier molecular flexibility index (Phi) is 3.83. The van der Waals surface area contributed by atoms with Crippen molar-refractivity contribution in [2.45, 2.75) is 0 Å². The van der Waals surface area contributed by atoms with Gasteiger partial charge in [0.25, 0.3) is 5.91 Å². The quantitative estimate of drug-likeness (QED) is 0.835. The standard InChI is InChI=1S/C14H10BrN3O/c15-10-4-5-12(13(17)7-10)14(19)18-11-3-1-2-9(6-11)8-16/h1-7H,17H2,(H,18,19). The second-order valence-electron chi connectivity index (χ2n) is 3.88. The number of rotatable bonds is 2. The maximum atomic E-state index is 12.1. The molecule has 0 saturated carbocycles. The van der Waals surface area contributed by atoms with Crippen LogP contribution in [-0.2, 0) is 0 Å². The molecule has 0 saturated heterocycles. The van der Waals surface area contributed by atoms with Gasteiger partial charge < -0.3 is 11.1 Å². The van der Waals surface area contributed by atoms with Crippen molar-refractivity contribution < 1.29 is 4.79 Å². The highest BCUT2D eigenvalue weighted by Gasteiger charge is 2.10. The molecule has 0 spiro atoms. The summed E-state index contributed by atoms with van der Waals surface area (Å²) in [5.74, 6) is -0.305. The summed E-state index contributed by atoms with van der Waals surface area (Å²) in [5.41, 5.74) is 7.62. The summed E-state index contributed by atoms with van der Waals surface area (Å²) in [4.78, 5) is 12.1. The van der Waals surface area contributed by atoms with Crippen molar-refractivity contribution in [3.63, 3.8) is 0 Å². The van der Waals surface area contributed by atoms with Crippen LogP contribution in [0.4, 0.5) is 11.4 Å². The molecule has 0 aliphatic rings. The Labute approximate surface area is 119 Å². The number of hydrogen-bond donors (Lipinski definition) is 2. The van der Waals surface area contributed by atoms with E-state index in [9.17, 15) is 4.79 Å². The first kappa shape index (κ1) is 13.1. The molecule has 4 nitrogen and oxygen atoms in total. The van der Waals surface area contributed by atoms with E-state index in [1.807, 2.05) is 6.07 Å². The number of hydrogen-bond acceptors (Lipinski definition) is 3. The molecule has 0 heterocycles. The molecule has 94 valence electrons. The van der Waals surface area contributed by atoms with Gasteiger partial charge in [0.05, 0.1) is 17.2 Å². The Balaban J connectivity index is 2.23. The number of anilines is 2. The summed E-state index contributed by atoms with van der Waals surface area (Å²) in [6.07, 6.45) is 0. The highest BCUT2D eigenvalue weighted by atomic mass is 79.9. The number of carbonyl (C=O) groups excluding carboxylic acids is 1. The molecule has 2 aromatic rings. The van der Waals surface area contributed by atoms with Gasteiger partial charge in [-0.3, -0.25) is 4.79 Å². The lowest BCUT2D eigenvalue weighted by atomic mass is 10.1. The van der Waals surface area contributed by atoms with Crippen LogP contribution < -0.4 is 11.1 Å². The van der Waals surface area contributed by atoms with Gasteiger partial charge in [-0.25, -0.2) is 0 Å². The molecule has 0 unspecified atom stereocenters. The van der Waals surface area contributed by atoms with E-state index in [1.54, 1.807) is 42.5 Å². The van der Waals surface area contributed by atoms with Crippen LogP contribution in [0.15, 0.2) is 46.9 Å². The van der Waals surface area contributed by atoms with E-state index in [0.717, 1.165) is 4.47 Å². The van der Waals surface area contributed by atoms with Crippen molar-refractivity contribution in [2.24, 2.45) is 0 Å². The lowest BCUT2D eigenvalue weighted by Crippen LogP contribution is -2.14. The fourth-order valence-corrected chi connectivity index (χ4v) is 1.98. The largest absolute Gasteiger partial charge is 0.398 e. The van der Waals surface area contributed by atoms with Crippen LogP contribution in [0.25, 0.3) is 0 Å². The molecular weight excluding hydrogens is 306 g/mol. The van der Waals surface area contributed by atoms with E-state index < -0.39 is 0 Å². The first-order valence-electron chi connectivity index (χ1n) is 5.46. The van der Waals surface area contributed by atoms with E-state index in [0.29, 0.717) is 22.5 Å². The summed E-state index contributed by atoms with van der Waals surface area (Å²) >= 11 is 3.28. The van der Waals surface area contributed by atoms with E-state index in [4.69, 9.17) is 11.0 Å². The van der Waals surface area contributed by atoms with Crippen LogP contribution in [0, 0.1) is 11.3 Å². The number of nitrogens with zero attached hydrogens (tertiary/aromatic N) is 1. The summed E-state index contributed by atoms with van der Waals surface area (Å²) in [7, 11) is 0. The van der Waals surface area contributed by atoms with Gasteiger partial charge >= 0.3 is 0 Å². The Morgan fingerprint density at radius 1 is 1.26 bits per heavy atom. The number of nitriles is 1. The summed E-state index contributed by atoms with van der Waals surface area (Å²) in [5, 5.41) is 11.5. The van der Waals surface area contributed by atoms with E-state index in [-0.39, 0.29) is 5.91 Å². The van der Waals surface area contributed by atoms with Crippen LogP contribution >= 0.6 is 15.9 Å². The molecule has 2 rings (SSSR count). The van der Waals surface area contributed by atoms with Crippen LogP contribution in [0.2, 0.25) is 0 Å². The molecule has 0 aliphatic carbocycles. The molecule has 2 aromatic carbocycles. The molecular formula is C14H10BrN3O. The molecule has 0 fully saturated rings. The highest BCUT2D eigenvalue weighted by Crippen LogP contribution is 2.20. The third-order valence-electron chi connectivity index (χ3n) is 2.51. The second kappa shape index (κ2) is 5.55. The van der Waals surface area contributed by atoms with Gasteiger partial charge in [-0.2, -0.15) is 5.26 Å². The third kappa shape index (κ3) is 3.12. The fourth-order valence-electron chi connectivity index (χ4n) is 1.61. The molecule has 1 amide bonds. The van der Waals surface area contributed by atoms with Crippen molar-refractivity contribution >= 4 is 33.2 Å². The molecule has 5 heteroatoms. The Bertz CT molecular complexity index is 677. The average Bonchev–Trinajstić information content (AvgIpc) is 2.38. The zero-order valence-electron chi connectivity index (χ0n) is 9.85. The Morgan fingerprint density at radius 3 is 2.74 bits per heavy atom. The van der Waals surface area contributed by atoms with E-state index in [2.05, 4.69) is 21.2 Å². The maximum Gasteiger partial charge on any atom is 0.257 e. The van der Waals surface area contributed by atoms with Crippen LogP contribution in [-0.4, -0.2) is 5.91 Å². The molecule has 0 aliphatic heterocycles. The number of amides is 1. The Morgan fingerprint density at radius 2 is 2.05 bits per heavy atom. The van der Waals surface area contributed by atoms with Gasteiger partial charge in [-0.1, -0.05) is 22.0 Å². The van der Waals surface area contributed by atoms with Gasteiger partial charge in [0.2, 0.25) is 0 Å². The summed E-state index contributed by atoms with van der Waals surface area (Å²) in [6, 6.07) is 13.8. The minimum atomic E-state index is -0.305. The van der Waals surface area contributed by atoms with Crippen molar-refractivity contribution in [3.05, 3.63) is 58.1 Å². The monoisotopic (exact) mass is 315 g/mol. The summed E-state index contributed by atoms with van der Waals surface area (Å²) < 4.78 is 0.813. The van der Waals surface area contributed by atoms with E-state index >= 15 is 0 Å². The van der Waals surface area contributed by atoms with Crippen molar-refractivity contribution in [3.8, 4) is 6.07 Å². The SMILES string of the molecule is N#Cc1cccc(NC(=O)c2ccc(Br)cc2N)c1. The number of carbonyl (C=O) groups is 1. The topological polar surface area (TPSA) is 78.9 Å². The minimum Gasteiger partial charge on any atom is -0.398 e. The zero-order valence-corrected chi connectivity index (χ0v) is 11.4. The molecule has 3 N–H and O–H groups in total. The predicted molar refractivity (Wildman–Crippen MR) is 77.7 cm³/mol. The smallest absolute Gasteiger partial charge is 0.257 e. The number of nitrogens with two attached hydrogens (primary N) is 1. The van der Waals surface area contributed by atoms with Crippen molar-refractivity contribution in [2.75, 3.05) is 11.1 Å². The zero-order chi connectivity index (χ0) is 13.8. The second-order valence-corrected chi connectivity index (χ2v) is 4.79. The fraction of sp³-hybridized carbons (Fsp3) is 0. The highest BCUT2D eigenvalue weighted by molar-refractivity contribution is 9.10. The minimum absolute atomic E-state index is 0.305. The number of halogens is 1. The van der Waals surface area contributed by atoms with Crippen LogP contribution in [0.3, 0.4) is 0 Å². The van der Waals surface area contributed by atoms with Crippen molar-refractivity contribution in [1.82, 2.24) is 0 Å². The van der Waals surface area contributed by atoms with E-state index in [1.165, 1.54) is 0 Å². The molecule has 0 radical (unpaired) electrons. The van der Waals surface area contributed by atoms with Crippen LogP contribution in [0.1, 0.15) is 15.9 Å². The number of benzene rings is 2. The summed E-state index contributed by atoms with van der Waals surface area (Å²) in [6.45, 7) is 0. The van der Waals surface area contributed by atoms with Gasteiger partial charge in [-0.15, -0.1) is 0 Å². The van der Waals surface area contributed by atoms with Gasteiger partial charge in [-0.05, 0) is 36.4 Å². The van der Waals surface area contributed by atoms with Gasteiger partial charge in [0.15, 0.2) is 0 Å². The Hall–Kier alpha value is -2.32. The molecule has 0 atom stereocenters. The third-order valence-corrected chi connectivity index (χ3v) is 3.00. The van der Waals surface area contributed by atoms with Gasteiger partial charge in [0, 0.05) is 15.8 Å². The molecule has 0 aromatic heterocycles. The number of nitrogens with one attached hydrogen (secondary N) is 1. The lowest BCUT2D eigenvalue weighted by molar-refractivity contribution is 0.102. The van der Waals surface area contributed by atoms with Crippen molar-refractivity contribution in [1.29, 1.82) is 5.26 Å².